The molecule has 0 amide bonds. The van der Waals surface area contributed by atoms with E-state index in [1.54, 1.807) is 0 Å². The van der Waals surface area contributed by atoms with Gasteiger partial charge in [0, 0.05) is 10.6 Å². The Hall–Kier alpha value is -2.71. The molecule has 0 spiro atoms. The van der Waals surface area contributed by atoms with Crippen molar-refractivity contribution in [3.63, 3.8) is 0 Å². The van der Waals surface area contributed by atoms with Crippen molar-refractivity contribution < 1.29 is 21.6 Å². The number of azide groups is 1. The van der Waals surface area contributed by atoms with E-state index in [1.807, 2.05) is 4.72 Å². The average Bonchev–Trinajstić information content (AvgIpc) is 2.47. The number of para-hydroxylation sites is 1. The number of hydrogen-bond acceptors (Lipinski definition) is 3. The second-order valence-electron chi connectivity index (χ2n) is 4.34. The smallest absolute Gasteiger partial charge is 0.279 e. The van der Waals surface area contributed by atoms with Crippen LogP contribution in [0.4, 0.5) is 24.5 Å². The van der Waals surface area contributed by atoms with Crippen molar-refractivity contribution in [1.29, 1.82) is 0 Å². The van der Waals surface area contributed by atoms with Gasteiger partial charge in [0.25, 0.3) is 10.0 Å². The number of sulfonamides is 1. The lowest BCUT2D eigenvalue weighted by Crippen LogP contribution is -2.17. The van der Waals surface area contributed by atoms with Crippen LogP contribution in [0.1, 0.15) is 5.56 Å². The third kappa shape index (κ3) is 3.93. The first-order valence-electron chi connectivity index (χ1n) is 6.08. The SMILES string of the molecule is [N-]=[N+]=Nc1cccc(S(=O)(=O)Nc2ccccc2C(F)(F)F)c1. The summed E-state index contributed by atoms with van der Waals surface area (Å²) >= 11 is 0. The molecular weight excluding hydrogens is 333 g/mol. The molecule has 2 rings (SSSR count). The van der Waals surface area contributed by atoms with E-state index in [1.165, 1.54) is 24.3 Å². The van der Waals surface area contributed by atoms with Crippen LogP contribution in [0.3, 0.4) is 0 Å². The fourth-order valence-electron chi connectivity index (χ4n) is 1.79. The molecule has 6 nitrogen and oxygen atoms in total. The highest BCUT2D eigenvalue weighted by Crippen LogP contribution is 2.35. The van der Waals surface area contributed by atoms with Gasteiger partial charge in [0.05, 0.1) is 16.1 Å². The van der Waals surface area contributed by atoms with Crippen molar-refractivity contribution in [2.45, 2.75) is 11.1 Å². The number of rotatable bonds is 4. The van der Waals surface area contributed by atoms with E-state index >= 15 is 0 Å². The maximum Gasteiger partial charge on any atom is 0.418 e. The minimum Gasteiger partial charge on any atom is -0.279 e. The van der Waals surface area contributed by atoms with Gasteiger partial charge in [0.1, 0.15) is 0 Å². The highest BCUT2D eigenvalue weighted by Gasteiger charge is 2.34. The molecule has 0 atom stereocenters. The lowest BCUT2D eigenvalue weighted by molar-refractivity contribution is -0.136. The topological polar surface area (TPSA) is 94.9 Å². The van der Waals surface area contributed by atoms with Gasteiger partial charge >= 0.3 is 6.18 Å². The summed E-state index contributed by atoms with van der Waals surface area (Å²) in [5.74, 6) is 0. The van der Waals surface area contributed by atoms with Crippen LogP contribution in [0.2, 0.25) is 0 Å². The highest BCUT2D eigenvalue weighted by molar-refractivity contribution is 7.92. The number of alkyl halides is 3. The summed E-state index contributed by atoms with van der Waals surface area (Å²) in [5, 5.41) is 3.25. The lowest BCUT2D eigenvalue weighted by Gasteiger charge is -2.14. The van der Waals surface area contributed by atoms with Crippen LogP contribution in [0.15, 0.2) is 58.5 Å². The Labute approximate surface area is 129 Å². The fraction of sp³-hybridized carbons (Fsp3) is 0.0769. The second-order valence-corrected chi connectivity index (χ2v) is 6.02. The Morgan fingerprint density at radius 1 is 1.09 bits per heavy atom. The third-order valence-corrected chi connectivity index (χ3v) is 4.13. The summed E-state index contributed by atoms with van der Waals surface area (Å²) < 4.78 is 65.0. The Kier molecular flexibility index (Phi) is 4.48. The van der Waals surface area contributed by atoms with Gasteiger partial charge in [-0.3, -0.25) is 4.72 Å². The Morgan fingerprint density at radius 2 is 1.78 bits per heavy atom. The van der Waals surface area contributed by atoms with E-state index in [2.05, 4.69) is 10.0 Å². The zero-order valence-electron chi connectivity index (χ0n) is 11.3. The van der Waals surface area contributed by atoms with Crippen molar-refractivity contribution in [3.8, 4) is 0 Å². The molecule has 10 heteroatoms. The monoisotopic (exact) mass is 342 g/mol. The first kappa shape index (κ1) is 16.7. The molecule has 1 N–H and O–H groups in total. The van der Waals surface area contributed by atoms with Gasteiger partial charge < -0.3 is 0 Å². The first-order chi connectivity index (χ1) is 10.7. The zero-order chi connectivity index (χ0) is 17.1. The molecule has 0 radical (unpaired) electrons. The standard InChI is InChI=1S/C13H9F3N4O2S/c14-13(15,16)11-6-1-2-7-12(11)19-23(21,22)10-5-3-4-9(8-10)18-20-17/h1-8,19H. The van der Waals surface area contributed by atoms with Gasteiger partial charge in [-0.1, -0.05) is 29.4 Å². The first-order valence-corrected chi connectivity index (χ1v) is 7.56. The molecule has 0 heterocycles. The quantitative estimate of drug-likeness (QED) is 0.505. The number of nitrogens with zero attached hydrogens (tertiary/aromatic N) is 3. The molecular formula is C13H9F3N4O2S. The van der Waals surface area contributed by atoms with Gasteiger partial charge in [-0.05, 0) is 29.8 Å². The summed E-state index contributed by atoms with van der Waals surface area (Å²) in [5.41, 5.74) is 6.68. The van der Waals surface area contributed by atoms with Gasteiger partial charge in [0.15, 0.2) is 0 Å². The molecule has 0 unspecified atom stereocenters. The zero-order valence-corrected chi connectivity index (χ0v) is 12.1. The molecule has 0 aromatic heterocycles. The van der Waals surface area contributed by atoms with E-state index in [0.717, 1.165) is 24.3 Å². The van der Waals surface area contributed by atoms with Gasteiger partial charge in [-0.25, -0.2) is 8.42 Å². The van der Waals surface area contributed by atoms with Gasteiger partial charge in [-0.2, -0.15) is 13.2 Å². The maximum absolute atomic E-state index is 12.9. The minimum absolute atomic E-state index is 0.0273. The molecule has 2 aromatic carbocycles. The minimum atomic E-state index is -4.70. The number of benzene rings is 2. The van der Waals surface area contributed by atoms with Crippen LogP contribution < -0.4 is 4.72 Å². The summed E-state index contributed by atoms with van der Waals surface area (Å²) in [6, 6.07) is 9.13. The number of nitrogens with one attached hydrogen (secondary N) is 1. The van der Waals surface area contributed by atoms with Crippen LogP contribution in [-0.4, -0.2) is 8.42 Å². The predicted molar refractivity (Wildman–Crippen MR) is 77.5 cm³/mol. The maximum atomic E-state index is 12.9. The fourth-order valence-corrected chi connectivity index (χ4v) is 2.91. The summed E-state index contributed by atoms with van der Waals surface area (Å²) in [6.45, 7) is 0. The lowest BCUT2D eigenvalue weighted by atomic mass is 10.2. The van der Waals surface area contributed by atoms with Gasteiger partial charge in [0.2, 0.25) is 0 Å². The van der Waals surface area contributed by atoms with Crippen LogP contribution in [0.5, 0.6) is 0 Å². The van der Waals surface area contributed by atoms with E-state index in [-0.39, 0.29) is 10.6 Å². The largest absolute Gasteiger partial charge is 0.418 e. The van der Waals surface area contributed by atoms with Crippen LogP contribution in [-0.2, 0) is 16.2 Å². The van der Waals surface area contributed by atoms with E-state index in [9.17, 15) is 21.6 Å². The molecule has 0 fully saturated rings. The highest BCUT2D eigenvalue weighted by atomic mass is 32.2. The Morgan fingerprint density at radius 3 is 2.43 bits per heavy atom. The van der Waals surface area contributed by atoms with Crippen LogP contribution in [0, 0.1) is 0 Å². The Bertz CT molecular complexity index is 875. The number of hydrogen-bond donors (Lipinski definition) is 1. The summed E-state index contributed by atoms with van der Waals surface area (Å²) in [6.07, 6.45) is -4.70. The molecule has 0 saturated carbocycles. The van der Waals surface area contributed by atoms with Crippen molar-refractivity contribution >= 4 is 21.4 Å². The number of anilines is 1. The molecule has 23 heavy (non-hydrogen) atoms. The summed E-state index contributed by atoms with van der Waals surface area (Å²) in [7, 11) is -4.27. The van der Waals surface area contributed by atoms with Crippen molar-refractivity contribution in [1.82, 2.24) is 0 Å². The normalized spacial score (nSPS) is 11.6. The third-order valence-electron chi connectivity index (χ3n) is 2.76. The molecule has 120 valence electrons. The molecule has 0 aliphatic rings. The van der Waals surface area contributed by atoms with Crippen molar-refractivity contribution in [2.75, 3.05) is 4.72 Å². The van der Waals surface area contributed by atoms with Crippen molar-refractivity contribution in [2.24, 2.45) is 5.11 Å². The van der Waals surface area contributed by atoms with Crippen LogP contribution in [0.25, 0.3) is 10.4 Å². The predicted octanol–water partition coefficient (Wildman–Crippen LogP) is 4.45. The summed E-state index contributed by atoms with van der Waals surface area (Å²) in [4.78, 5) is 2.20. The van der Waals surface area contributed by atoms with Crippen LogP contribution >= 0.6 is 0 Å². The molecule has 0 bridgehead atoms. The number of halogens is 3. The van der Waals surface area contributed by atoms with Crippen molar-refractivity contribution in [3.05, 3.63) is 64.5 Å². The van der Waals surface area contributed by atoms with Gasteiger partial charge in [-0.15, -0.1) is 0 Å². The molecule has 0 aliphatic carbocycles. The second kappa shape index (κ2) is 6.19. The molecule has 0 saturated heterocycles. The van der Waals surface area contributed by atoms with E-state index < -0.39 is 27.5 Å². The average molecular weight is 342 g/mol. The van der Waals surface area contributed by atoms with E-state index in [4.69, 9.17) is 5.53 Å². The van der Waals surface area contributed by atoms with E-state index in [0.29, 0.717) is 0 Å². The Balaban J connectivity index is 2.44. The molecule has 2 aromatic rings. The molecule has 0 aliphatic heterocycles.